The molecule has 34 heavy (non-hydrogen) atoms. The Bertz CT molecular complexity index is 1210. The zero-order valence-electron chi connectivity index (χ0n) is 19.3. The second-order valence-electron chi connectivity index (χ2n) is 8.96. The zero-order valence-corrected chi connectivity index (χ0v) is 20.9. The molecule has 0 spiro atoms. The SMILES string of the molecule is Cc1ccc(S(=O)(=O)N2CCC(C(=O)NCc3ccc(S(=O)(=O)N4CCCC4)cc3)CC2)cc1. The van der Waals surface area contributed by atoms with Crippen molar-refractivity contribution in [3.8, 4) is 0 Å². The first kappa shape index (κ1) is 24.8. The molecule has 8 nitrogen and oxygen atoms in total. The number of nitrogens with one attached hydrogen (secondary N) is 1. The number of aryl methyl sites for hydroxylation is 1. The standard InChI is InChI=1S/C24H31N3O5S2/c1-19-4-8-22(9-5-19)34(31,32)27-16-12-21(13-17-27)24(28)25-18-20-6-10-23(11-7-20)33(29,30)26-14-2-3-15-26/h4-11,21H,2-3,12-18H2,1H3,(H,25,28). The number of hydrogen-bond donors (Lipinski definition) is 1. The van der Waals surface area contributed by atoms with Gasteiger partial charge in [0.2, 0.25) is 26.0 Å². The molecule has 0 bridgehead atoms. The van der Waals surface area contributed by atoms with Crippen LogP contribution in [0.1, 0.15) is 36.8 Å². The quantitative estimate of drug-likeness (QED) is 0.623. The minimum atomic E-state index is -3.56. The molecule has 4 rings (SSSR count). The second kappa shape index (κ2) is 10.2. The third-order valence-corrected chi connectivity index (χ3v) is 10.4. The van der Waals surface area contributed by atoms with Crippen molar-refractivity contribution in [2.24, 2.45) is 5.92 Å². The van der Waals surface area contributed by atoms with Gasteiger partial charge in [0.25, 0.3) is 0 Å². The Morgan fingerprint density at radius 2 is 1.26 bits per heavy atom. The summed E-state index contributed by atoms with van der Waals surface area (Å²) in [5.41, 5.74) is 1.81. The average molecular weight is 506 g/mol. The van der Waals surface area contributed by atoms with Crippen LogP contribution in [0.3, 0.4) is 0 Å². The molecule has 0 radical (unpaired) electrons. The van der Waals surface area contributed by atoms with E-state index in [4.69, 9.17) is 0 Å². The first-order valence-corrected chi connectivity index (χ1v) is 14.5. The Hall–Kier alpha value is -2.27. The third-order valence-electron chi connectivity index (χ3n) is 6.58. The highest BCUT2D eigenvalue weighted by Crippen LogP contribution is 2.25. The van der Waals surface area contributed by atoms with Crippen molar-refractivity contribution in [2.45, 2.75) is 48.9 Å². The molecule has 0 atom stereocenters. The van der Waals surface area contributed by atoms with Gasteiger partial charge in [0.05, 0.1) is 9.79 Å². The molecular weight excluding hydrogens is 474 g/mol. The highest BCUT2D eigenvalue weighted by Gasteiger charge is 2.32. The third kappa shape index (κ3) is 5.35. The second-order valence-corrected chi connectivity index (χ2v) is 12.8. The van der Waals surface area contributed by atoms with Crippen LogP contribution in [-0.2, 0) is 31.4 Å². The Kier molecular flexibility index (Phi) is 7.42. The minimum Gasteiger partial charge on any atom is -0.352 e. The van der Waals surface area contributed by atoms with E-state index in [-0.39, 0.29) is 21.6 Å². The summed E-state index contributed by atoms with van der Waals surface area (Å²) in [6, 6.07) is 13.4. The van der Waals surface area contributed by atoms with Crippen molar-refractivity contribution in [3.63, 3.8) is 0 Å². The Labute approximate surface area is 202 Å². The summed E-state index contributed by atoms with van der Waals surface area (Å²) >= 11 is 0. The number of nitrogens with zero attached hydrogens (tertiary/aromatic N) is 2. The summed E-state index contributed by atoms with van der Waals surface area (Å²) in [5.74, 6) is -0.361. The fourth-order valence-electron chi connectivity index (χ4n) is 4.41. The lowest BCUT2D eigenvalue weighted by Gasteiger charge is -2.30. The topological polar surface area (TPSA) is 104 Å². The number of carbonyl (C=O) groups is 1. The van der Waals surface area contributed by atoms with Crippen LogP contribution in [0.15, 0.2) is 58.3 Å². The van der Waals surface area contributed by atoms with E-state index in [0.29, 0.717) is 45.6 Å². The van der Waals surface area contributed by atoms with Crippen LogP contribution < -0.4 is 5.32 Å². The number of rotatable bonds is 7. The van der Waals surface area contributed by atoms with Gasteiger partial charge >= 0.3 is 0 Å². The molecular formula is C24H31N3O5S2. The average Bonchev–Trinajstić information content (AvgIpc) is 3.39. The fourth-order valence-corrected chi connectivity index (χ4v) is 7.39. The first-order valence-electron chi connectivity index (χ1n) is 11.6. The number of amides is 1. The number of piperidine rings is 1. The van der Waals surface area contributed by atoms with Gasteiger partial charge in [-0.2, -0.15) is 8.61 Å². The molecule has 0 unspecified atom stereocenters. The maximum atomic E-state index is 12.8. The van der Waals surface area contributed by atoms with Gasteiger partial charge in [-0.3, -0.25) is 4.79 Å². The molecule has 184 valence electrons. The summed E-state index contributed by atoms with van der Waals surface area (Å²) < 4.78 is 53.9. The summed E-state index contributed by atoms with van der Waals surface area (Å²) in [4.78, 5) is 13.2. The maximum absolute atomic E-state index is 12.8. The van der Waals surface area contributed by atoms with Crippen LogP contribution in [-0.4, -0.2) is 57.5 Å². The number of hydrogen-bond acceptors (Lipinski definition) is 5. The fraction of sp³-hybridized carbons (Fsp3) is 0.458. The molecule has 2 fully saturated rings. The lowest BCUT2D eigenvalue weighted by molar-refractivity contribution is -0.126. The first-order chi connectivity index (χ1) is 16.2. The molecule has 1 amide bonds. The van der Waals surface area contributed by atoms with Crippen molar-refractivity contribution in [1.82, 2.24) is 13.9 Å². The number of benzene rings is 2. The molecule has 2 aliphatic rings. The monoisotopic (exact) mass is 505 g/mol. The highest BCUT2D eigenvalue weighted by molar-refractivity contribution is 7.89. The smallest absolute Gasteiger partial charge is 0.243 e. The highest BCUT2D eigenvalue weighted by atomic mass is 32.2. The van der Waals surface area contributed by atoms with E-state index in [1.807, 2.05) is 6.92 Å². The molecule has 2 aliphatic heterocycles. The van der Waals surface area contributed by atoms with E-state index < -0.39 is 20.0 Å². The van der Waals surface area contributed by atoms with Crippen LogP contribution in [0, 0.1) is 12.8 Å². The maximum Gasteiger partial charge on any atom is 0.243 e. The minimum absolute atomic E-state index is 0.110. The van der Waals surface area contributed by atoms with Crippen LogP contribution in [0.2, 0.25) is 0 Å². The normalized spacial score (nSPS) is 18.7. The van der Waals surface area contributed by atoms with Gasteiger partial charge in [0.1, 0.15) is 0 Å². The van der Waals surface area contributed by atoms with Crippen LogP contribution in [0.4, 0.5) is 0 Å². The lowest BCUT2D eigenvalue weighted by Crippen LogP contribution is -2.42. The van der Waals surface area contributed by atoms with E-state index in [0.717, 1.165) is 24.0 Å². The molecule has 2 aromatic rings. The Morgan fingerprint density at radius 1 is 0.794 bits per heavy atom. The summed E-state index contributed by atoms with van der Waals surface area (Å²) in [5, 5.41) is 2.91. The van der Waals surface area contributed by atoms with Crippen molar-refractivity contribution in [1.29, 1.82) is 0 Å². The van der Waals surface area contributed by atoms with Gasteiger partial charge in [0.15, 0.2) is 0 Å². The van der Waals surface area contributed by atoms with Gasteiger partial charge in [0, 0.05) is 38.6 Å². The van der Waals surface area contributed by atoms with Gasteiger partial charge in [-0.25, -0.2) is 16.8 Å². The predicted molar refractivity (Wildman–Crippen MR) is 129 cm³/mol. The Balaban J connectivity index is 1.28. The van der Waals surface area contributed by atoms with Crippen LogP contribution in [0.25, 0.3) is 0 Å². The molecule has 2 heterocycles. The molecule has 0 aliphatic carbocycles. The van der Waals surface area contributed by atoms with Gasteiger partial charge in [-0.05, 0) is 62.4 Å². The summed E-state index contributed by atoms with van der Waals surface area (Å²) in [6.45, 7) is 3.93. The lowest BCUT2D eigenvalue weighted by atomic mass is 9.97. The molecule has 2 aromatic carbocycles. The number of sulfonamides is 2. The molecule has 1 N–H and O–H groups in total. The summed E-state index contributed by atoms with van der Waals surface area (Å²) in [6.07, 6.45) is 2.70. The number of carbonyl (C=O) groups excluding carboxylic acids is 1. The molecule has 0 aromatic heterocycles. The van der Waals surface area contributed by atoms with Crippen molar-refractivity contribution >= 4 is 26.0 Å². The zero-order chi connectivity index (χ0) is 24.3. The van der Waals surface area contributed by atoms with E-state index in [2.05, 4.69) is 5.32 Å². The predicted octanol–water partition coefficient (Wildman–Crippen LogP) is 2.50. The van der Waals surface area contributed by atoms with Gasteiger partial charge in [-0.15, -0.1) is 0 Å². The van der Waals surface area contributed by atoms with E-state index in [1.54, 1.807) is 48.5 Å². The molecule has 0 saturated carbocycles. The summed E-state index contributed by atoms with van der Waals surface area (Å²) in [7, 11) is -7.01. The van der Waals surface area contributed by atoms with Crippen molar-refractivity contribution < 1.29 is 21.6 Å². The van der Waals surface area contributed by atoms with Crippen LogP contribution in [0.5, 0.6) is 0 Å². The molecule has 2 saturated heterocycles. The van der Waals surface area contributed by atoms with Crippen LogP contribution >= 0.6 is 0 Å². The van der Waals surface area contributed by atoms with E-state index >= 15 is 0 Å². The van der Waals surface area contributed by atoms with E-state index in [1.165, 1.54) is 8.61 Å². The molecule has 10 heteroatoms. The largest absolute Gasteiger partial charge is 0.352 e. The van der Waals surface area contributed by atoms with Gasteiger partial charge in [-0.1, -0.05) is 29.8 Å². The van der Waals surface area contributed by atoms with Crippen molar-refractivity contribution in [2.75, 3.05) is 26.2 Å². The Morgan fingerprint density at radius 3 is 1.79 bits per heavy atom. The van der Waals surface area contributed by atoms with E-state index in [9.17, 15) is 21.6 Å². The van der Waals surface area contributed by atoms with Crippen molar-refractivity contribution in [3.05, 3.63) is 59.7 Å². The van der Waals surface area contributed by atoms with Gasteiger partial charge < -0.3 is 5.32 Å².